The van der Waals surface area contributed by atoms with Crippen LogP contribution in [0.3, 0.4) is 0 Å². The number of nitrogens with zero attached hydrogens (tertiary/aromatic N) is 4. The highest BCUT2D eigenvalue weighted by molar-refractivity contribution is 9.10. The fourth-order valence-corrected chi connectivity index (χ4v) is 2.56. The lowest BCUT2D eigenvalue weighted by Gasteiger charge is -2.02. The predicted molar refractivity (Wildman–Crippen MR) is 61.6 cm³/mol. The van der Waals surface area contributed by atoms with Crippen LogP contribution in [0.2, 0.25) is 0 Å². The maximum atomic E-state index is 5.22. The third kappa shape index (κ3) is 2.62. The molecule has 0 fully saturated rings. The van der Waals surface area contributed by atoms with E-state index < -0.39 is 0 Å². The minimum atomic E-state index is 0.366. The second-order valence-corrected chi connectivity index (χ2v) is 5.17. The molecule has 6 nitrogen and oxygen atoms in total. The van der Waals surface area contributed by atoms with Crippen molar-refractivity contribution in [2.75, 3.05) is 5.43 Å². The first-order valence-corrected chi connectivity index (χ1v) is 6.11. The van der Waals surface area contributed by atoms with Crippen LogP contribution in [0.15, 0.2) is 26.4 Å². The molecule has 78 valence electrons. The van der Waals surface area contributed by atoms with Crippen LogP contribution in [0.5, 0.6) is 0 Å². The van der Waals surface area contributed by atoms with E-state index >= 15 is 0 Å². The van der Waals surface area contributed by atoms with Gasteiger partial charge in [-0.25, -0.2) is 20.8 Å². The summed E-state index contributed by atoms with van der Waals surface area (Å²) in [6.45, 7) is 0. The Morgan fingerprint density at radius 1 is 1.47 bits per heavy atom. The SMILES string of the molecule is NNc1ncc(Br)c(Sc2ncns2)n1. The van der Waals surface area contributed by atoms with Crippen LogP contribution in [-0.2, 0) is 0 Å². The van der Waals surface area contributed by atoms with Crippen molar-refractivity contribution in [2.45, 2.75) is 9.37 Å². The first kappa shape index (κ1) is 10.7. The fourth-order valence-electron chi connectivity index (χ4n) is 0.783. The fraction of sp³-hybridized carbons (Fsp3) is 0. The molecule has 2 aromatic heterocycles. The van der Waals surface area contributed by atoms with E-state index in [0.29, 0.717) is 5.95 Å². The van der Waals surface area contributed by atoms with Crippen LogP contribution < -0.4 is 11.3 Å². The highest BCUT2D eigenvalue weighted by atomic mass is 79.9. The molecule has 0 saturated carbocycles. The summed E-state index contributed by atoms with van der Waals surface area (Å²) < 4.78 is 5.51. The van der Waals surface area contributed by atoms with Crippen molar-refractivity contribution < 1.29 is 0 Å². The zero-order valence-corrected chi connectivity index (χ0v) is 10.4. The van der Waals surface area contributed by atoms with Crippen molar-refractivity contribution in [1.29, 1.82) is 0 Å². The summed E-state index contributed by atoms with van der Waals surface area (Å²) in [6.07, 6.45) is 3.13. The molecule has 9 heteroatoms. The standard InChI is InChI=1S/C6H5BrN6S2/c7-3-1-9-5(13-8)12-4(3)14-6-10-2-11-15-6/h1-2H,8H2,(H,9,12,13). The van der Waals surface area contributed by atoms with Crippen molar-refractivity contribution in [3.63, 3.8) is 0 Å². The average Bonchev–Trinajstić information content (AvgIpc) is 2.74. The molecule has 0 spiro atoms. The highest BCUT2D eigenvalue weighted by Gasteiger charge is 2.08. The second kappa shape index (κ2) is 4.84. The molecular formula is C6H5BrN6S2. The van der Waals surface area contributed by atoms with Gasteiger partial charge in [-0.05, 0) is 39.2 Å². The molecule has 2 aromatic rings. The summed E-state index contributed by atoms with van der Waals surface area (Å²) in [4.78, 5) is 12.2. The molecule has 0 radical (unpaired) electrons. The third-order valence-electron chi connectivity index (χ3n) is 1.37. The van der Waals surface area contributed by atoms with Gasteiger partial charge in [0.2, 0.25) is 5.95 Å². The molecule has 3 N–H and O–H groups in total. The highest BCUT2D eigenvalue weighted by Crippen LogP contribution is 2.32. The first-order valence-electron chi connectivity index (χ1n) is 3.73. The van der Waals surface area contributed by atoms with Crippen LogP contribution in [0.1, 0.15) is 0 Å². The van der Waals surface area contributed by atoms with Gasteiger partial charge in [0.1, 0.15) is 11.4 Å². The largest absolute Gasteiger partial charge is 0.292 e. The number of nitrogen functional groups attached to an aromatic ring is 1. The maximum Gasteiger partial charge on any atom is 0.238 e. The van der Waals surface area contributed by atoms with Gasteiger partial charge in [0.25, 0.3) is 0 Å². The van der Waals surface area contributed by atoms with Gasteiger partial charge >= 0.3 is 0 Å². The molecule has 0 aliphatic rings. The van der Waals surface area contributed by atoms with Gasteiger partial charge in [-0.2, -0.15) is 4.37 Å². The van der Waals surface area contributed by atoms with E-state index in [4.69, 9.17) is 5.84 Å². The van der Waals surface area contributed by atoms with E-state index in [0.717, 1.165) is 13.8 Å². The van der Waals surface area contributed by atoms with Crippen molar-refractivity contribution in [2.24, 2.45) is 5.84 Å². The van der Waals surface area contributed by atoms with E-state index in [2.05, 4.69) is 40.7 Å². The Labute approximate surface area is 102 Å². The van der Waals surface area contributed by atoms with Gasteiger partial charge in [0.05, 0.1) is 4.47 Å². The summed E-state index contributed by atoms with van der Waals surface area (Å²) in [5.74, 6) is 5.58. The lowest BCUT2D eigenvalue weighted by atomic mass is 10.7. The third-order valence-corrected chi connectivity index (χ3v) is 3.93. The smallest absolute Gasteiger partial charge is 0.238 e. The van der Waals surface area contributed by atoms with Gasteiger partial charge in [-0.3, -0.25) is 5.43 Å². The van der Waals surface area contributed by atoms with Crippen LogP contribution in [0.25, 0.3) is 0 Å². The minimum Gasteiger partial charge on any atom is -0.292 e. The molecule has 0 unspecified atom stereocenters. The maximum absolute atomic E-state index is 5.22. The number of rotatable bonds is 3. The normalized spacial score (nSPS) is 10.3. The molecule has 0 saturated heterocycles. The molecule has 0 aliphatic heterocycles. The molecule has 0 bridgehead atoms. The number of halogens is 1. The van der Waals surface area contributed by atoms with Crippen molar-refractivity contribution in [1.82, 2.24) is 19.3 Å². The Kier molecular flexibility index (Phi) is 3.46. The second-order valence-electron chi connectivity index (χ2n) is 2.30. The van der Waals surface area contributed by atoms with E-state index in [1.165, 1.54) is 29.6 Å². The summed E-state index contributed by atoms with van der Waals surface area (Å²) in [5.41, 5.74) is 2.39. The zero-order valence-electron chi connectivity index (χ0n) is 7.22. The molecule has 0 aromatic carbocycles. The number of aromatic nitrogens is 4. The topological polar surface area (TPSA) is 89.6 Å². The molecule has 2 heterocycles. The summed E-state index contributed by atoms with van der Waals surface area (Å²) in [6, 6.07) is 0. The van der Waals surface area contributed by atoms with Gasteiger partial charge in [-0.1, -0.05) is 0 Å². The van der Waals surface area contributed by atoms with Gasteiger partial charge in [-0.15, -0.1) is 0 Å². The first-order chi connectivity index (χ1) is 7.29. The summed E-state index contributed by atoms with van der Waals surface area (Å²) >= 11 is 6.06. The zero-order chi connectivity index (χ0) is 10.7. The Morgan fingerprint density at radius 3 is 3.00 bits per heavy atom. The number of hydrazine groups is 1. The Bertz CT molecular complexity index is 447. The Hall–Kier alpha value is -0.770. The lowest BCUT2D eigenvalue weighted by molar-refractivity contribution is 1.01. The quantitative estimate of drug-likeness (QED) is 0.505. The van der Waals surface area contributed by atoms with Crippen molar-refractivity contribution >= 4 is 45.2 Å². The summed E-state index contributed by atoms with van der Waals surface area (Å²) in [7, 11) is 0. The Morgan fingerprint density at radius 2 is 2.33 bits per heavy atom. The molecule has 15 heavy (non-hydrogen) atoms. The van der Waals surface area contributed by atoms with Gasteiger partial charge < -0.3 is 0 Å². The van der Waals surface area contributed by atoms with Crippen molar-refractivity contribution in [3.8, 4) is 0 Å². The van der Waals surface area contributed by atoms with Crippen LogP contribution in [0.4, 0.5) is 5.95 Å². The van der Waals surface area contributed by atoms with Crippen LogP contribution in [0, 0.1) is 0 Å². The van der Waals surface area contributed by atoms with Crippen LogP contribution >= 0.6 is 39.2 Å². The van der Waals surface area contributed by atoms with E-state index in [-0.39, 0.29) is 0 Å². The van der Waals surface area contributed by atoms with E-state index in [1.54, 1.807) is 6.20 Å². The van der Waals surface area contributed by atoms with Gasteiger partial charge in [0, 0.05) is 6.20 Å². The number of nitrogens with two attached hydrogens (primary N) is 1. The number of hydrogen-bond acceptors (Lipinski definition) is 8. The predicted octanol–water partition coefficient (Wildman–Crippen LogP) is 1.53. The summed E-state index contributed by atoms with van der Waals surface area (Å²) in [5, 5.41) is 0.745. The molecule has 0 atom stereocenters. The van der Waals surface area contributed by atoms with Crippen LogP contribution in [-0.4, -0.2) is 19.3 Å². The monoisotopic (exact) mass is 304 g/mol. The Balaban J connectivity index is 2.27. The average molecular weight is 305 g/mol. The molecule has 0 aliphatic carbocycles. The number of nitrogens with one attached hydrogen (secondary N) is 1. The number of hydrogen-bond donors (Lipinski definition) is 2. The number of anilines is 1. The molecular weight excluding hydrogens is 300 g/mol. The molecule has 0 amide bonds. The van der Waals surface area contributed by atoms with Gasteiger partial charge in [0.15, 0.2) is 4.34 Å². The minimum absolute atomic E-state index is 0.366. The lowest BCUT2D eigenvalue weighted by Crippen LogP contribution is -2.10. The van der Waals surface area contributed by atoms with E-state index in [9.17, 15) is 0 Å². The van der Waals surface area contributed by atoms with Crippen molar-refractivity contribution in [3.05, 3.63) is 17.0 Å². The molecule has 2 rings (SSSR count). The van der Waals surface area contributed by atoms with E-state index in [1.807, 2.05) is 0 Å².